The molecule has 0 fully saturated rings. The molecule has 0 atom stereocenters. The van der Waals surface area contributed by atoms with Crippen LogP contribution < -0.4 is 5.73 Å². The number of aromatic nitrogens is 3. The molecule has 0 aliphatic rings. The van der Waals surface area contributed by atoms with E-state index in [4.69, 9.17) is 10.2 Å². The van der Waals surface area contributed by atoms with Gasteiger partial charge in [-0.05, 0) is 12.1 Å². The largest absolute Gasteiger partial charge is 0.456 e. The van der Waals surface area contributed by atoms with E-state index in [9.17, 15) is 0 Å². The van der Waals surface area contributed by atoms with E-state index in [0.29, 0.717) is 18.1 Å². The Morgan fingerprint density at radius 2 is 2.42 bits per heavy atom. The Bertz CT molecular complexity index is 351. The Balaban J connectivity index is 2.35. The van der Waals surface area contributed by atoms with Crippen LogP contribution in [0.25, 0.3) is 11.6 Å². The number of H-pyrrole nitrogens is 1. The fraction of sp³-hybridized carbons (Fsp3) is 0.143. The van der Waals surface area contributed by atoms with Gasteiger partial charge in [-0.3, -0.25) is 5.10 Å². The number of hydrogen-bond donors (Lipinski definition) is 2. The lowest BCUT2D eigenvalue weighted by Crippen LogP contribution is -1.92. The predicted octanol–water partition coefficient (Wildman–Crippen LogP) is 0.523. The highest BCUT2D eigenvalue weighted by atomic mass is 16.3. The molecule has 0 radical (unpaired) electrons. The fourth-order valence-electron chi connectivity index (χ4n) is 0.939. The molecule has 0 aromatic carbocycles. The molecule has 2 aromatic rings. The van der Waals surface area contributed by atoms with Gasteiger partial charge in [-0.15, -0.1) is 0 Å². The van der Waals surface area contributed by atoms with Crippen LogP contribution in [-0.2, 0) is 6.54 Å². The van der Waals surface area contributed by atoms with Crippen LogP contribution in [-0.4, -0.2) is 15.2 Å². The molecule has 62 valence electrons. The van der Waals surface area contributed by atoms with Crippen LogP contribution in [0.4, 0.5) is 0 Å². The summed E-state index contributed by atoms with van der Waals surface area (Å²) in [6, 6.07) is 3.63. The average molecular weight is 164 g/mol. The van der Waals surface area contributed by atoms with Gasteiger partial charge in [0.05, 0.1) is 6.54 Å². The molecule has 0 amide bonds. The van der Waals surface area contributed by atoms with E-state index < -0.39 is 0 Å². The van der Waals surface area contributed by atoms with E-state index in [2.05, 4.69) is 15.2 Å². The van der Waals surface area contributed by atoms with Crippen molar-refractivity contribution in [2.45, 2.75) is 6.54 Å². The van der Waals surface area contributed by atoms with Gasteiger partial charge in [-0.2, -0.15) is 5.10 Å². The number of hydrogen-bond acceptors (Lipinski definition) is 4. The van der Waals surface area contributed by atoms with Crippen molar-refractivity contribution in [2.24, 2.45) is 5.73 Å². The van der Waals surface area contributed by atoms with Crippen LogP contribution in [0.1, 0.15) is 5.76 Å². The highest BCUT2D eigenvalue weighted by molar-refractivity contribution is 5.45. The summed E-state index contributed by atoms with van der Waals surface area (Å²) in [5.74, 6) is 2.02. The minimum absolute atomic E-state index is 0.397. The van der Waals surface area contributed by atoms with E-state index in [-0.39, 0.29) is 0 Å². The maximum atomic E-state index is 5.38. The summed E-state index contributed by atoms with van der Waals surface area (Å²) in [6.45, 7) is 0.397. The predicted molar refractivity (Wildman–Crippen MR) is 42.0 cm³/mol. The first-order chi connectivity index (χ1) is 5.90. The second-order valence-corrected chi connectivity index (χ2v) is 2.30. The average Bonchev–Trinajstić information content (AvgIpc) is 2.75. The summed E-state index contributed by atoms with van der Waals surface area (Å²) in [7, 11) is 0. The first-order valence-corrected chi connectivity index (χ1v) is 3.54. The second-order valence-electron chi connectivity index (χ2n) is 2.30. The molecule has 5 heteroatoms. The minimum atomic E-state index is 0.397. The summed E-state index contributed by atoms with van der Waals surface area (Å²) in [5.41, 5.74) is 5.38. The van der Waals surface area contributed by atoms with Crippen LogP contribution in [0.2, 0.25) is 0 Å². The first-order valence-electron chi connectivity index (χ1n) is 3.54. The zero-order valence-corrected chi connectivity index (χ0v) is 6.32. The number of aromatic amines is 1. The molecule has 0 unspecified atom stereocenters. The monoisotopic (exact) mass is 164 g/mol. The molecule has 0 saturated carbocycles. The second kappa shape index (κ2) is 2.78. The molecule has 0 spiro atoms. The van der Waals surface area contributed by atoms with Crippen molar-refractivity contribution in [1.29, 1.82) is 0 Å². The molecule has 2 aromatic heterocycles. The Labute approximate surface area is 68.6 Å². The Morgan fingerprint density at radius 1 is 1.50 bits per heavy atom. The van der Waals surface area contributed by atoms with Gasteiger partial charge < -0.3 is 10.2 Å². The number of nitrogens with one attached hydrogen (secondary N) is 1. The standard InChI is InChI=1S/C7H8N4O/c8-3-5-1-2-6(12-5)7-9-4-10-11-7/h1-2,4H,3,8H2,(H,9,10,11). The summed E-state index contributed by atoms with van der Waals surface area (Å²) < 4.78 is 5.32. The van der Waals surface area contributed by atoms with E-state index in [1.165, 1.54) is 6.33 Å². The van der Waals surface area contributed by atoms with Crippen molar-refractivity contribution in [2.75, 3.05) is 0 Å². The molecule has 0 aliphatic carbocycles. The number of rotatable bonds is 2. The zero-order chi connectivity index (χ0) is 8.39. The summed E-state index contributed by atoms with van der Waals surface area (Å²) in [6.07, 6.45) is 1.43. The van der Waals surface area contributed by atoms with Crippen molar-refractivity contribution in [3.05, 3.63) is 24.2 Å². The molecule has 0 bridgehead atoms. The topological polar surface area (TPSA) is 80.7 Å². The van der Waals surface area contributed by atoms with Crippen LogP contribution in [0.5, 0.6) is 0 Å². The maximum Gasteiger partial charge on any atom is 0.191 e. The van der Waals surface area contributed by atoms with Gasteiger partial charge in [0.15, 0.2) is 11.6 Å². The highest BCUT2D eigenvalue weighted by Gasteiger charge is 2.04. The lowest BCUT2D eigenvalue weighted by Gasteiger charge is -1.88. The van der Waals surface area contributed by atoms with Gasteiger partial charge in [-0.1, -0.05) is 0 Å². The lowest BCUT2D eigenvalue weighted by molar-refractivity contribution is 0.522. The van der Waals surface area contributed by atoms with E-state index >= 15 is 0 Å². The number of nitrogens with zero attached hydrogens (tertiary/aromatic N) is 2. The minimum Gasteiger partial charge on any atom is -0.456 e. The molecular formula is C7H8N4O. The summed E-state index contributed by atoms with van der Waals surface area (Å²) in [5, 5.41) is 6.40. The number of furan rings is 1. The van der Waals surface area contributed by atoms with Gasteiger partial charge in [0.25, 0.3) is 0 Å². The molecular weight excluding hydrogens is 156 g/mol. The van der Waals surface area contributed by atoms with E-state index in [1.54, 1.807) is 0 Å². The van der Waals surface area contributed by atoms with Gasteiger partial charge in [0.2, 0.25) is 0 Å². The third kappa shape index (κ3) is 1.10. The van der Waals surface area contributed by atoms with Crippen LogP contribution in [0.3, 0.4) is 0 Å². The van der Waals surface area contributed by atoms with Crippen LogP contribution in [0, 0.1) is 0 Å². The van der Waals surface area contributed by atoms with E-state index in [0.717, 1.165) is 5.76 Å². The molecule has 0 aliphatic heterocycles. The van der Waals surface area contributed by atoms with Crippen LogP contribution in [0.15, 0.2) is 22.9 Å². The van der Waals surface area contributed by atoms with E-state index in [1.807, 2.05) is 12.1 Å². The smallest absolute Gasteiger partial charge is 0.191 e. The van der Waals surface area contributed by atoms with Crippen molar-refractivity contribution in [1.82, 2.24) is 15.2 Å². The molecule has 2 rings (SSSR count). The van der Waals surface area contributed by atoms with Gasteiger partial charge in [-0.25, -0.2) is 4.98 Å². The summed E-state index contributed by atoms with van der Waals surface area (Å²) in [4.78, 5) is 3.93. The van der Waals surface area contributed by atoms with Gasteiger partial charge in [0.1, 0.15) is 12.1 Å². The molecule has 0 saturated heterocycles. The zero-order valence-electron chi connectivity index (χ0n) is 6.32. The third-order valence-electron chi connectivity index (χ3n) is 1.51. The Morgan fingerprint density at radius 3 is 3.00 bits per heavy atom. The SMILES string of the molecule is NCc1ccc(-c2ncn[nH]2)o1. The maximum absolute atomic E-state index is 5.38. The lowest BCUT2D eigenvalue weighted by atomic mass is 10.4. The van der Waals surface area contributed by atoms with Crippen molar-refractivity contribution in [3.63, 3.8) is 0 Å². The van der Waals surface area contributed by atoms with Crippen LogP contribution >= 0.6 is 0 Å². The quantitative estimate of drug-likeness (QED) is 0.678. The molecule has 3 N–H and O–H groups in total. The van der Waals surface area contributed by atoms with Crippen molar-refractivity contribution in [3.8, 4) is 11.6 Å². The highest BCUT2D eigenvalue weighted by Crippen LogP contribution is 2.16. The summed E-state index contributed by atoms with van der Waals surface area (Å²) >= 11 is 0. The molecule has 12 heavy (non-hydrogen) atoms. The first kappa shape index (κ1) is 7.05. The Hall–Kier alpha value is -1.62. The van der Waals surface area contributed by atoms with Gasteiger partial charge in [0, 0.05) is 0 Å². The van der Waals surface area contributed by atoms with Crippen molar-refractivity contribution < 1.29 is 4.42 Å². The Kier molecular flexibility index (Phi) is 1.64. The molecule has 2 heterocycles. The van der Waals surface area contributed by atoms with Crippen molar-refractivity contribution >= 4 is 0 Å². The number of nitrogens with two attached hydrogens (primary N) is 1. The fourth-order valence-corrected chi connectivity index (χ4v) is 0.939. The molecule has 5 nitrogen and oxygen atoms in total. The van der Waals surface area contributed by atoms with Gasteiger partial charge >= 0.3 is 0 Å². The normalized spacial score (nSPS) is 10.4. The third-order valence-corrected chi connectivity index (χ3v) is 1.51.